The Balaban J connectivity index is 1.76. The third-order valence-electron chi connectivity index (χ3n) is 3.51. The monoisotopic (exact) mass is 315 g/mol. The van der Waals surface area contributed by atoms with Crippen LogP contribution in [0.25, 0.3) is 5.52 Å². The number of benzene rings is 1. The number of nitrogens with zero attached hydrogens (tertiary/aromatic N) is 2. The van der Waals surface area contributed by atoms with Crippen LogP contribution in [0.5, 0.6) is 0 Å². The van der Waals surface area contributed by atoms with Gasteiger partial charge < -0.3 is 0 Å². The van der Waals surface area contributed by atoms with Crippen molar-refractivity contribution in [2.75, 3.05) is 0 Å². The molecule has 0 aliphatic heterocycles. The molecule has 2 heterocycles. The van der Waals surface area contributed by atoms with Gasteiger partial charge in [0.15, 0.2) is 0 Å². The first-order chi connectivity index (χ1) is 10.6. The largest absolute Gasteiger partial charge is 0.241 e. The normalized spacial score (nSPS) is 11.9. The standard InChI is InChI=1S/C16H17N3O2S/c1-2-13-6-8-16(9-7-13)22(20,21)17-12-14-11-15-5-3-4-10-19(15)18-14/h3-11,17H,2,12H2,1H3. The zero-order valence-corrected chi connectivity index (χ0v) is 13.0. The van der Waals surface area contributed by atoms with Gasteiger partial charge in [-0.2, -0.15) is 5.10 Å². The van der Waals surface area contributed by atoms with Crippen LogP contribution in [-0.2, 0) is 23.0 Å². The van der Waals surface area contributed by atoms with Crippen molar-refractivity contribution in [1.82, 2.24) is 14.3 Å². The Bertz CT molecular complexity index is 850. The van der Waals surface area contributed by atoms with E-state index in [-0.39, 0.29) is 11.4 Å². The maximum Gasteiger partial charge on any atom is 0.240 e. The molecule has 0 spiro atoms. The second-order valence-corrected chi connectivity index (χ2v) is 6.79. The lowest BCUT2D eigenvalue weighted by molar-refractivity contribution is 0.580. The number of aromatic nitrogens is 2. The van der Waals surface area contributed by atoms with Crippen molar-refractivity contribution in [3.8, 4) is 0 Å². The van der Waals surface area contributed by atoms with Gasteiger partial charge in [-0.05, 0) is 42.3 Å². The zero-order valence-electron chi connectivity index (χ0n) is 12.2. The number of nitrogens with one attached hydrogen (secondary N) is 1. The molecule has 0 radical (unpaired) electrons. The minimum absolute atomic E-state index is 0.166. The van der Waals surface area contributed by atoms with E-state index < -0.39 is 10.0 Å². The molecule has 0 aliphatic carbocycles. The van der Waals surface area contributed by atoms with E-state index >= 15 is 0 Å². The molecule has 114 valence electrons. The second kappa shape index (κ2) is 5.90. The summed E-state index contributed by atoms with van der Waals surface area (Å²) in [5.41, 5.74) is 2.73. The predicted molar refractivity (Wildman–Crippen MR) is 85.0 cm³/mol. The maximum absolute atomic E-state index is 12.3. The molecule has 6 heteroatoms. The third-order valence-corrected chi connectivity index (χ3v) is 4.92. The van der Waals surface area contributed by atoms with E-state index in [0.717, 1.165) is 17.5 Å². The van der Waals surface area contributed by atoms with Crippen molar-refractivity contribution in [1.29, 1.82) is 0 Å². The van der Waals surface area contributed by atoms with Gasteiger partial charge >= 0.3 is 0 Å². The van der Waals surface area contributed by atoms with E-state index in [9.17, 15) is 8.42 Å². The Morgan fingerprint density at radius 2 is 1.91 bits per heavy atom. The smallest absolute Gasteiger partial charge is 0.240 e. The van der Waals surface area contributed by atoms with Gasteiger partial charge in [0.05, 0.1) is 22.7 Å². The molecule has 1 N–H and O–H groups in total. The number of rotatable bonds is 5. The third kappa shape index (κ3) is 3.03. The van der Waals surface area contributed by atoms with Crippen LogP contribution in [0, 0.1) is 0 Å². The van der Waals surface area contributed by atoms with Crippen molar-refractivity contribution >= 4 is 15.5 Å². The van der Waals surface area contributed by atoms with E-state index in [2.05, 4.69) is 9.82 Å². The number of hydrogen-bond acceptors (Lipinski definition) is 3. The lowest BCUT2D eigenvalue weighted by Gasteiger charge is -2.06. The fourth-order valence-corrected chi connectivity index (χ4v) is 3.23. The highest BCUT2D eigenvalue weighted by Crippen LogP contribution is 2.12. The fraction of sp³-hybridized carbons (Fsp3) is 0.188. The Morgan fingerprint density at radius 1 is 1.14 bits per heavy atom. The van der Waals surface area contributed by atoms with Gasteiger partial charge in [-0.3, -0.25) is 0 Å². The highest BCUT2D eigenvalue weighted by Gasteiger charge is 2.14. The summed E-state index contributed by atoms with van der Waals surface area (Å²) in [5, 5.41) is 4.33. The quantitative estimate of drug-likeness (QED) is 0.786. The lowest BCUT2D eigenvalue weighted by atomic mass is 10.2. The molecule has 3 aromatic rings. The lowest BCUT2D eigenvalue weighted by Crippen LogP contribution is -2.23. The molecule has 0 unspecified atom stereocenters. The van der Waals surface area contributed by atoms with Crippen molar-refractivity contribution in [2.24, 2.45) is 0 Å². The number of sulfonamides is 1. The van der Waals surface area contributed by atoms with Crippen LogP contribution in [0.15, 0.2) is 59.6 Å². The van der Waals surface area contributed by atoms with E-state index in [1.54, 1.807) is 16.6 Å². The summed E-state index contributed by atoms with van der Waals surface area (Å²) in [5.74, 6) is 0. The van der Waals surface area contributed by atoms with Gasteiger partial charge in [-0.15, -0.1) is 0 Å². The van der Waals surface area contributed by atoms with Gasteiger partial charge in [0.25, 0.3) is 0 Å². The Kier molecular flexibility index (Phi) is 3.96. The Morgan fingerprint density at radius 3 is 2.59 bits per heavy atom. The van der Waals surface area contributed by atoms with Crippen molar-refractivity contribution < 1.29 is 8.42 Å². The van der Waals surface area contributed by atoms with Crippen LogP contribution in [-0.4, -0.2) is 18.0 Å². The molecule has 0 aliphatic rings. The van der Waals surface area contributed by atoms with Crippen molar-refractivity contribution in [2.45, 2.75) is 24.8 Å². The van der Waals surface area contributed by atoms with E-state index in [0.29, 0.717) is 5.69 Å². The summed E-state index contributed by atoms with van der Waals surface area (Å²) >= 11 is 0. The predicted octanol–water partition coefficient (Wildman–Crippen LogP) is 2.38. The Labute approximate surface area is 129 Å². The summed E-state index contributed by atoms with van der Waals surface area (Å²) in [4.78, 5) is 0.272. The number of aryl methyl sites for hydroxylation is 1. The van der Waals surface area contributed by atoms with Crippen LogP contribution < -0.4 is 4.72 Å². The molecular formula is C16H17N3O2S. The molecule has 1 aromatic carbocycles. The van der Waals surface area contributed by atoms with Gasteiger partial charge in [-0.25, -0.2) is 17.7 Å². The fourth-order valence-electron chi connectivity index (χ4n) is 2.23. The highest BCUT2D eigenvalue weighted by molar-refractivity contribution is 7.89. The van der Waals surface area contributed by atoms with Crippen LogP contribution in [0.1, 0.15) is 18.2 Å². The maximum atomic E-state index is 12.3. The number of hydrogen-bond donors (Lipinski definition) is 1. The van der Waals surface area contributed by atoms with Crippen LogP contribution in [0.3, 0.4) is 0 Å². The van der Waals surface area contributed by atoms with Crippen LogP contribution in [0.2, 0.25) is 0 Å². The average Bonchev–Trinajstić information content (AvgIpc) is 2.96. The topological polar surface area (TPSA) is 63.5 Å². The molecule has 2 aromatic heterocycles. The van der Waals surface area contributed by atoms with Gasteiger partial charge in [0.1, 0.15) is 0 Å². The van der Waals surface area contributed by atoms with Crippen molar-refractivity contribution in [3.05, 3.63) is 66.0 Å². The molecule has 0 saturated heterocycles. The van der Waals surface area contributed by atoms with Crippen LogP contribution >= 0.6 is 0 Å². The first kappa shape index (κ1) is 14.7. The molecule has 0 atom stereocenters. The molecule has 0 saturated carbocycles. The second-order valence-electron chi connectivity index (χ2n) is 5.03. The van der Waals surface area contributed by atoms with E-state index in [4.69, 9.17) is 0 Å². The molecule has 22 heavy (non-hydrogen) atoms. The molecule has 0 bridgehead atoms. The molecule has 0 amide bonds. The SMILES string of the molecule is CCc1ccc(S(=O)(=O)NCc2cc3ccccn3n2)cc1. The Hall–Kier alpha value is -2.18. The first-order valence-corrected chi connectivity index (χ1v) is 8.59. The van der Waals surface area contributed by atoms with Crippen molar-refractivity contribution in [3.63, 3.8) is 0 Å². The van der Waals surface area contributed by atoms with E-state index in [1.807, 2.05) is 49.5 Å². The van der Waals surface area contributed by atoms with E-state index in [1.165, 1.54) is 0 Å². The zero-order chi connectivity index (χ0) is 15.6. The van der Waals surface area contributed by atoms with Crippen LogP contribution in [0.4, 0.5) is 0 Å². The molecule has 5 nitrogen and oxygen atoms in total. The minimum atomic E-state index is -3.52. The van der Waals surface area contributed by atoms with Gasteiger partial charge in [0.2, 0.25) is 10.0 Å². The minimum Gasteiger partial charge on any atom is -0.241 e. The number of pyridine rings is 1. The summed E-state index contributed by atoms with van der Waals surface area (Å²) in [6.07, 6.45) is 2.71. The summed E-state index contributed by atoms with van der Waals surface area (Å²) in [7, 11) is -3.52. The molecule has 3 rings (SSSR count). The van der Waals surface area contributed by atoms with Gasteiger partial charge in [0, 0.05) is 6.20 Å². The summed E-state index contributed by atoms with van der Waals surface area (Å²) < 4.78 is 28.9. The highest BCUT2D eigenvalue weighted by atomic mass is 32.2. The first-order valence-electron chi connectivity index (χ1n) is 7.10. The molecule has 0 fully saturated rings. The van der Waals surface area contributed by atoms with Gasteiger partial charge in [-0.1, -0.05) is 25.1 Å². The summed E-state index contributed by atoms with van der Waals surface area (Å²) in [6, 6.07) is 14.5. The molecular weight excluding hydrogens is 298 g/mol. The average molecular weight is 315 g/mol. The number of fused-ring (bicyclic) bond motifs is 1. The summed E-state index contributed by atoms with van der Waals surface area (Å²) in [6.45, 7) is 2.20.